The molecule has 0 atom stereocenters. The van der Waals surface area contributed by atoms with Gasteiger partial charge < -0.3 is 0 Å². The van der Waals surface area contributed by atoms with Crippen LogP contribution < -0.4 is 0 Å². The van der Waals surface area contributed by atoms with Gasteiger partial charge in [0.15, 0.2) is 5.82 Å². The SMILES string of the molecule is N#Cc1ccc(-c2ccc(-c3cc(-c4cc(Br)cc(-c5cccc6ncccc56)c4)nc(-c4ccc5ccccc5c4)n3)cc2)cc1. The second kappa shape index (κ2) is 12.1. The van der Waals surface area contributed by atoms with Gasteiger partial charge in [0, 0.05) is 32.7 Å². The van der Waals surface area contributed by atoms with Gasteiger partial charge in [-0.25, -0.2) is 9.97 Å². The minimum atomic E-state index is 0.646. The molecule has 0 radical (unpaired) electrons. The molecule has 6 aromatic carbocycles. The van der Waals surface area contributed by atoms with Crippen molar-refractivity contribution in [3.8, 4) is 62.2 Å². The van der Waals surface area contributed by atoms with Crippen LogP contribution in [0.4, 0.5) is 0 Å². The van der Waals surface area contributed by atoms with Gasteiger partial charge in [-0.05, 0) is 87.6 Å². The molecule has 8 aromatic rings. The highest BCUT2D eigenvalue weighted by atomic mass is 79.9. The van der Waals surface area contributed by atoms with Crippen molar-refractivity contribution in [2.24, 2.45) is 0 Å². The van der Waals surface area contributed by atoms with Gasteiger partial charge in [0.05, 0.1) is 28.5 Å². The van der Waals surface area contributed by atoms with Gasteiger partial charge in [-0.2, -0.15) is 5.26 Å². The quantitative estimate of drug-likeness (QED) is 0.184. The third-order valence-electron chi connectivity index (χ3n) is 8.41. The van der Waals surface area contributed by atoms with E-state index in [0.29, 0.717) is 11.4 Å². The van der Waals surface area contributed by atoms with Crippen molar-refractivity contribution in [3.05, 3.63) is 162 Å². The Morgan fingerprint density at radius 3 is 1.98 bits per heavy atom. The predicted octanol–water partition coefficient (Wildman–Crippen LogP) is 11.1. The van der Waals surface area contributed by atoms with Crippen molar-refractivity contribution in [2.75, 3.05) is 0 Å². The summed E-state index contributed by atoms with van der Waals surface area (Å²) in [4.78, 5) is 14.8. The highest BCUT2D eigenvalue weighted by Crippen LogP contribution is 2.36. The minimum absolute atomic E-state index is 0.646. The largest absolute Gasteiger partial charge is 0.256 e. The molecule has 0 bridgehead atoms. The van der Waals surface area contributed by atoms with E-state index in [1.807, 2.05) is 48.7 Å². The van der Waals surface area contributed by atoms with Gasteiger partial charge in [0.2, 0.25) is 0 Å². The summed E-state index contributed by atoms with van der Waals surface area (Å²) in [6.07, 6.45) is 1.83. The maximum absolute atomic E-state index is 9.19. The van der Waals surface area contributed by atoms with E-state index in [1.165, 1.54) is 5.39 Å². The molecule has 0 aliphatic rings. The summed E-state index contributed by atoms with van der Waals surface area (Å²) in [5.74, 6) is 0.662. The first-order valence-corrected chi connectivity index (χ1v) is 16.0. The molecule has 4 nitrogen and oxygen atoms in total. The van der Waals surface area contributed by atoms with Crippen LogP contribution in [0, 0.1) is 11.3 Å². The topological polar surface area (TPSA) is 62.5 Å². The summed E-state index contributed by atoms with van der Waals surface area (Å²) in [6.45, 7) is 0. The molecule has 0 amide bonds. The van der Waals surface area contributed by atoms with Gasteiger partial charge in [0.25, 0.3) is 0 Å². The van der Waals surface area contributed by atoms with Crippen LogP contribution in [0.5, 0.6) is 0 Å². The number of pyridine rings is 1. The van der Waals surface area contributed by atoms with Crippen LogP contribution in [0.1, 0.15) is 5.56 Å². The number of benzene rings is 6. The van der Waals surface area contributed by atoms with Crippen molar-refractivity contribution in [3.63, 3.8) is 0 Å². The smallest absolute Gasteiger partial charge is 0.160 e. The molecule has 0 saturated carbocycles. The standard InChI is InChI=1S/C42H25BrN4/c43-36-23-34(37-7-3-9-39-38(37)8-4-20-45-39)22-35(24-36)41-25-40(31-17-14-30(15-18-31)29-12-10-27(26-44)11-13-29)46-42(47-41)33-19-16-28-5-1-2-6-32(28)21-33/h1-25H. The summed E-state index contributed by atoms with van der Waals surface area (Å²) in [5, 5.41) is 12.6. The predicted molar refractivity (Wildman–Crippen MR) is 194 cm³/mol. The van der Waals surface area contributed by atoms with Crippen LogP contribution >= 0.6 is 15.9 Å². The van der Waals surface area contributed by atoms with Crippen LogP contribution in [0.3, 0.4) is 0 Å². The summed E-state index contributed by atoms with van der Waals surface area (Å²) in [5.41, 5.74) is 10.5. The molecule has 0 fully saturated rings. The molecule has 2 aromatic heterocycles. The first-order chi connectivity index (χ1) is 23.1. The Labute approximate surface area is 280 Å². The third kappa shape index (κ3) is 5.68. The lowest BCUT2D eigenvalue weighted by molar-refractivity contribution is 1.18. The lowest BCUT2D eigenvalue weighted by Gasteiger charge is -2.13. The van der Waals surface area contributed by atoms with E-state index >= 15 is 0 Å². The molecule has 8 rings (SSSR count). The Morgan fingerprint density at radius 2 is 1.19 bits per heavy atom. The summed E-state index contributed by atoms with van der Waals surface area (Å²) in [7, 11) is 0. The fourth-order valence-electron chi connectivity index (χ4n) is 6.02. The first kappa shape index (κ1) is 28.5. The summed E-state index contributed by atoms with van der Waals surface area (Å²) < 4.78 is 0.963. The van der Waals surface area contributed by atoms with Crippen molar-refractivity contribution < 1.29 is 0 Å². The average molecular weight is 666 g/mol. The first-order valence-electron chi connectivity index (χ1n) is 15.3. The second-order valence-electron chi connectivity index (χ2n) is 11.4. The van der Waals surface area contributed by atoms with Crippen LogP contribution in [-0.4, -0.2) is 15.0 Å². The number of nitriles is 1. The van der Waals surface area contributed by atoms with Crippen molar-refractivity contribution in [1.29, 1.82) is 5.26 Å². The second-order valence-corrected chi connectivity index (χ2v) is 12.3. The molecule has 0 unspecified atom stereocenters. The average Bonchev–Trinajstić information content (AvgIpc) is 3.14. The fourth-order valence-corrected chi connectivity index (χ4v) is 6.51. The molecule has 0 N–H and O–H groups in total. The van der Waals surface area contributed by atoms with E-state index in [4.69, 9.17) is 9.97 Å². The summed E-state index contributed by atoms with van der Waals surface area (Å²) in [6, 6.07) is 51.7. The molecule has 5 heteroatoms. The van der Waals surface area contributed by atoms with E-state index in [1.54, 1.807) is 0 Å². The number of fused-ring (bicyclic) bond motifs is 2. The lowest BCUT2D eigenvalue weighted by Crippen LogP contribution is -1.96. The van der Waals surface area contributed by atoms with E-state index in [2.05, 4.69) is 130 Å². The monoisotopic (exact) mass is 664 g/mol. The highest BCUT2D eigenvalue weighted by Gasteiger charge is 2.14. The zero-order valence-corrected chi connectivity index (χ0v) is 26.7. The fraction of sp³-hybridized carbons (Fsp3) is 0. The molecule has 47 heavy (non-hydrogen) atoms. The number of rotatable bonds is 5. The van der Waals surface area contributed by atoms with E-state index in [0.717, 1.165) is 71.1 Å². The zero-order chi connectivity index (χ0) is 31.7. The normalized spacial score (nSPS) is 11.1. The maximum Gasteiger partial charge on any atom is 0.160 e. The molecule has 2 heterocycles. The van der Waals surface area contributed by atoms with Crippen LogP contribution in [0.15, 0.2) is 156 Å². The van der Waals surface area contributed by atoms with Crippen molar-refractivity contribution >= 4 is 37.6 Å². The van der Waals surface area contributed by atoms with Gasteiger partial charge >= 0.3 is 0 Å². The third-order valence-corrected chi connectivity index (χ3v) is 8.87. The molecule has 0 spiro atoms. The highest BCUT2D eigenvalue weighted by molar-refractivity contribution is 9.10. The van der Waals surface area contributed by atoms with Crippen molar-refractivity contribution in [2.45, 2.75) is 0 Å². The Kier molecular flexibility index (Phi) is 7.33. The van der Waals surface area contributed by atoms with E-state index < -0.39 is 0 Å². The zero-order valence-electron chi connectivity index (χ0n) is 25.1. The van der Waals surface area contributed by atoms with Crippen LogP contribution in [0.25, 0.3) is 77.8 Å². The Hall–Kier alpha value is -5.96. The maximum atomic E-state index is 9.19. The number of hydrogen-bond donors (Lipinski definition) is 0. The molecule has 0 aliphatic carbocycles. The number of nitrogens with zero attached hydrogens (tertiary/aromatic N) is 4. The van der Waals surface area contributed by atoms with Gasteiger partial charge in [0.1, 0.15) is 0 Å². The number of aromatic nitrogens is 3. The van der Waals surface area contributed by atoms with Gasteiger partial charge in [-0.1, -0.05) is 107 Å². The Morgan fingerprint density at radius 1 is 0.511 bits per heavy atom. The molecular weight excluding hydrogens is 640 g/mol. The number of hydrogen-bond acceptors (Lipinski definition) is 4. The Bertz CT molecular complexity index is 2470. The van der Waals surface area contributed by atoms with E-state index in [9.17, 15) is 5.26 Å². The van der Waals surface area contributed by atoms with Crippen LogP contribution in [0.2, 0.25) is 0 Å². The molecule has 0 aliphatic heterocycles. The molecular formula is C42H25BrN4. The van der Waals surface area contributed by atoms with E-state index in [-0.39, 0.29) is 0 Å². The van der Waals surface area contributed by atoms with Gasteiger partial charge in [-0.3, -0.25) is 4.98 Å². The Balaban J connectivity index is 1.27. The van der Waals surface area contributed by atoms with Crippen LogP contribution in [-0.2, 0) is 0 Å². The van der Waals surface area contributed by atoms with Crippen molar-refractivity contribution in [1.82, 2.24) is 15.0 Å². The minimum Gasteiger partial charge on any atom is -0.256 e. The molecule has 0 saturated heterocycles. The van der Waals surface area contributed by atoms with Gasteiger partial charge in [-0.15, -0.1) is 0 Å². The molecule has 220 valence electrons. The lowest BCUT2D eigenvalue weighted by atomic mass is 9.97. The summed E-state index contributed by atoms with van der Waals surface area (Å²) >= 11 is 3.79. The number of halogens is 1.